The second-order valence-corrected chi connectivity index (χ2v) is 4.26. The van der Waals surface area contributed by atoms with Gasteiger partial charge in [-0.05, 0) is 24.2 Å². The predicted molar refractivity (Wildman–Crippen MR) is 71.8 cm³/mol. The summed E-state index contributed by atoms with van der Waals surface area (Å²) in [5, 5.41) is 4.18. The largest absolute Gasteiger partial charge is 0.396 e. The van der Waals surface area contributed by atoms with Crippen molar-refractivity contribution in [3.8, 4) is 0 Å². The zero-order valence-electron chi connectivity index (χ0n) is 10.7. The molecule has 0 amide bonds. The molecule has 2 heterocycles. The maximum absolute atomic E-state index is 5.64. The van der Waals surface area contributed by atoms with E-state index < -0.39 is 0 Å². The number of nitrogens with zero attached hydrogens (tertiary/aromatic N) is 4. The van der Waals surface area contributed by atoms with Gasteiger partial charge in [-0.1, -0.05) is 6.92 Å². The Labute approximate surface area is 107 Å². The van der Waals surface area contributed by atoms with E-state index in [1.807, 2.05) is 23.3 Å². The van der Waals surface area contributed by atoms with Crippen molar-refractivity contribution >= 4 is 5.69 Å². The Kier molecular flexibility index (Phi) is 4.30. The fraction of sp³-hybridized carbons (Fsp3) is 0.385. The number of pyridine rings is 1. The van der Waals surface area contributed by atoms with Crippen LogP contribution < -0.4 is 5.73 Å². The van der Waals surface area contributed by atoms with E-state index in [0.717, 1.165) is 26.2 Å². The topological polar surface area (TPSA) is 60.0 Å². The molecule has 0 aromatic carbocycles. The number of hydrogen-bond acceptors (Lipinski definition) is 4. The first-order chi connectivity index (χ1) is 8.78. The smallest absolute Gasteiger partial charge is 0.0719 e. The molecule has 2 aromatic rings. The van der Waals surface area contributed by atoms with Crippen LogP contribution in [0.3, 0.4) is 0 Å². The molecular formula is C13H19N5. The van der Waals surface area contributed by atoms with Crippen LogP contribution in [0, 0.1) is 0 Å². The van der Waals surface area contributed by atoms with Crippen LogP contribution in [0.15, 0.2) is 36.9 Å². The molecule has 0 aliphatic carbocycles. The van der Waals surface area contributed by atoms with E-state index in [4.69, 9.17) is 5.73 Å². The monoisotopic (exact) mass is 245 g/mol. The normalized spacial score (nSPS) is 11.0. The molecule has 0 spiro atoms. The fourth-order valence-corrected chi connectivity index (χ4v) is 1.84. The summed E-state index contributed by atoms with van der Waals surface area (Å²) in [5.74, 6) is 0. The van der Waals surface area contributed by atoms with E-state index in [2.05, 4.69) is 34.0 Å². The van der Waals surface area contributed by atoms with Crippen molar-refractivity contribution in [2.75, 3.05) is 18.8 Å². The van der Waals surface area contributed by atoms with Crippen molar-refractivity contribution in [1.29, 1.82) is 0 Å². The maximum atomic E-state index is 5.64. The molecule has 0 radical (unpaired) electrons. The summed E-state index contributed by atoms with van der Waals surface area (Å²) in [6.45, 7) is 5.93. The SMILES string of the molecule is CCN(CCn1cc(N)cn1)Cc1ccncc1. The summed E-state index contributed by atoms with van der Waals surface area (Å²) in [5.41, 5.74) is 7.64. The van der Waals surface area contributed by atoms with E-state index >= 15 is 0 Å². The molecule has 96 valence electrons. The van der Waals surface area contributed by atoms with Gasteiger partial charge in [0.25, 0.3) is 0 Å². The van der Waals surface area contributed by atoms with E-state index in [9.17, 15) is 0 Å². The molecular weight excluding hydrogens is 226 g/mol. The summed E-state index contributed by atoms with van der Waals surface area (Å²) in [6, 6.07) is 4.10. The van der Waals surface area contributed by atoms with Gasteiger partial charge in [-0.3, -0.25) is 14.6 Å². The number of rotatable bonds is 6. The predicted octanol–water partition coefficient (Wildman–Crippen LogP) is 1.38. The Morgan fingerprint density at radius 1 is 1.33 bits per heavy atom. The van der Waals surface area contributed by atoms with Crippen molar-refractivity contribution in [3.63, 3.8) is 0 Å². The minimum Gasteiger partial charge on any atom is -0.396 e. The van der Waals surface area contributed by atoms with Crippen LogP contribution in [0.2, 0.25) is 0 Å². The number of nitrogen functional groups attached to an aromatic ring is 1. The van der Waals surface area contributed by atoms with Gasteiger partial charge in [0.15, 0.2) is 0 Å². The molecule has 5 nitrogen and oxygen atoms in total. The zero-order chi connectivity index (χ0) is 12.8. The second-order valence-electron chi connectivity index (χ2n) is 4.26. The van der Waals surface area contributed by atoms with Crippen LogP contribution in [0.5, 0.6) is 0 Å². The fourth-order valence-electron chi connectivity index (χ4n) is 1.84. The lowest BCUT2D eigenvalue weighted by Gasteiger charge is -2.20. The first-order valence-corrected chi connectivity index (χ1v) is 6.17. The highest BCUT2D eigenvalue weighted by Crippen LogP contribution is 2.04. The van der Waals surface area contributed by atoms with E-state index in [0.29, 0.717) is 5.69 Å². The molecule has 0 saturated carbocycles. The van der Waals surface area contributed by atoms with Gasteiger partial charge in [0.05, 0.1) is 18.4 Å². The number of nitrogens with two attached hydrogens (primary N) is 1. The first-order valence-electron chi connectivity index (χ1n) is 6.17. The van der Waals surface area contributed by atoms with Crippen LogP contribution in [-0.4, -0.2) is 32.8 Å². The molecule has 0 aliphatic heterocycles. The molecule has 0 bridgehead atoms. The lowest BCUT2D eigenvalue weighted by atomic mass is 10.2. The van der Waals surface area contributed by atoms with E-state index in [1.165, 1.54) is 5.56 Å². The molecule has 0 atom stereocenters. The summed E-state index contributed by atoms with van der Waals surface area (Å²) < 4.78 is 1.88. The third kappa shape index (κ3) is 3.56. The summed E-state index contributed by atoms with van der Waals surface area (Å²) in [6.07, 6.45) is 7.20. The van der Waals surface area contributed by atoms with Crippen molar-refractivity contribution in [2.24, 2.45) is 0 Å². The van der Waals surface area contributed by atoms with Crippen molar-refractivity contribution in [1.82, 2.24) is 19.7 Å². The molecule has 2 rings (SSSR count). The Bertz CT molecular complexity index is 465. The first kappa shape index (κ1) is 12.6. The summed E-state index contributed by atoms with van der Waals surface area (Å²) in [4.78, 5) is 6.40. The number of likely N-dealkylation sites (N-methyl/N-ethyl adjacent to an activating group) is 1. The van der Waals surface area contributed by atoms with Crippen LogP contribution in [0.25, 0.3) is 0 Å². The van der Waals surface area contributed by atoms with Gasteiger partial charge in [-0.25, -0.2) is 0 Å². The molecule has 5 heteroatoms. The Morgan fingerprint density at radius 2 is 2.11 bits per heavy atom. The Balaban J connectivity index is 1.86. The number of aromatic nitrogens is 3. The van der Waals surface area contributed by atoms with Gasteiger partial charge >= 0.3 is 0 Å². The van der Waals surface area contributed by atoms with Crippen molar-refractivity contribution in [3.05, 3.63) is 42.5 Å². The van der Waals surface area contributed by atoms with Crippen LogP contribution in [-0.2, 0) is 13.1 Å². The average molecular weight is 245 g/mol. The maximum Gasteiger partial charge on any atom is 0.0719 e. The van der Waals surface area contributed by atoms with Crippen molar-refractivity contribution in [2.45, 2.75) is 20.0 Å². The average Bonchev–Trinajstić information content (AvgIpc) is 2.81. The molecule has 0 fully saturated rings. The van der Waals surface area contributed by atoms with Crippen LogP contribution in [0.1, 0.15) is 12.5 Å². The molecule has 0 aliphatic rings. The summed E-state index contributed by atoms with van der Waals surface area (Å²) in [7, 11) is 0. The van der Waals surface area contributed by atoms with E-state index in [1.54, 1.807) is 6.20 Å². The highest BCUT2D eigenvalue weighted by molar-refractivity contribution is 5.30. The van der Waals surface area contributed by atoms with Gasteiger partial charge in [0.2, 0.25) is 0 Å². The Morgan fingerprint density at radius 3 is 2.72 bits per heavy atom. The molecule has 0 saturated heterocycles. The number of anilines is 1. The lowest BCUT2D eigenvalue weighted by Crippen LogP contribution is -2.27. The summed E-state index contributed by atoms with van der Waals surface area (Å²) >= 11 is 0. The van der Waals surface area contributed by atoms with Crippen LogP contribution >= 0.6 is 0 Å². The molecule has 2 N–H and O–H groups in total. The molecule has 0 unspecified atom stereocenters. The third-order valence-electron chi connectivity index (χ3n) is 2.90. The standard InChI is InChI=1S/C13H19N5/c1-2-17(10-12-3-5-15-6-4-12)7-8-18-11-13(14)9-16-18/h3-6,9,11H,2,7-8,10,14H2,1H3. The zero-order valence-corrected chi connectivity index (χ0v) is 10.7. The molecule has 18 heavy (non-hydrogen) atoms. The van der Waals surface area contributed by atoms with Crippen molar-refractivity contribution < 1.29 is 0 Å². The van der Waals surface area contributed by atoms with Gasteiger partial charge in [0, 0.05) is 31.7 Å². The van der Waals surface area contributed by atoms with E-state index in [-0.39, 0.29) is 0 Å². The van der Waals surface area contributed by atoms with Gasteiger partial charge in [-0.2, -0.15) is 5.10 Å². The van der Waals surface area contributed by atoms with Gasteiger partial charge < -0.3 is 5.73 Å². The van der Waals surface area contributed by atoms with Crippen LogP contribution in [0.4, 0.5) is 5.69 Å². The second kappa shape index (κ2) is 6.16. The highest BCUT2D eigenvalue weighted by atomic mass is 15.3. The minimum absolute atomic E-state index is 0.715. The quantitative estimate of drug-likeness (QED) is 0.835. The lowest BCUT2D eigenvalue weighted by molar-refractivity contribution is 0.263. The minimum atomic E-state index is 0.715. The van der Waals surface area contributed by atoms with Gasteiger partial charge in [-0.15, -0.1) is 0 Å². The Hall–Kier alpha value is -1.88. The number of hydrogen-bond donors (Lipinski definition) is 1. The highest BCUT2D eigenvalue weighted by Gasteiger charge is 2.04. The third-order valence-corrected chi connectivity index (χ3v) is 2.90. The van der Waals surface area contributed by atoms with Gasteiger partial charge in [0.1, 0.15) is 0 Å². The molecule has 2 aromatic heterocycles.